The molecule has 1 heterocycles. The van der Waals surface area contributed by atoms with Crippen LogP contribution in [0, 0.1) is 5.92 Å². The van der Waals surface area contributed by atoms with Crippen LogP contribution in [0.25, 0.3) is 0 Å². The van der Waals surface area contributed by atoms with E-state index in [1.54, 1.807) is 0 Å². The van der Waals surface area contributed by atoms with E-state index < -0.39 is 0 Å². The molecular formula is C16H30N4. The van der Waals surface area contributed by atoms with Gasteiger partial charge < -0.3 is 5.73 Å². The van der Waals surface area contributed by atoms with Crippen molar-refractivity contribution in [2.45, 2.75) is 58.0 Å². The number of nitrogens with zero attached hydrogens (tertiary/aromatic N) is 3. The molecule has 1 saturated carbocycles. The van der Waals surface area contributed by atoms with Crippen LogP contribution in [-0.4, -0.2) is 33.3 Å². The molecule has 2 N–H and O–H groups in total. The second kappa shape index (κ2) is 6.72. The number of aryl methyl sites for hydroxylation is 1. The van der Waals surface area contributed by atoms with E-state index >= 15 is 0 Å². The minimum Gasteiger partial charge on any atom is -0.329 e. The fraction of sp³-hybridized carbons (Fsp3) is 0.812. The van der Waals surface area contributed by atoms with Gasteiger partial charge in [0.1, 0.15) is 0 Å². The standard InChI is InChI=1S/C16H30N4/c1-4-10-20(12-15-7-11-19(3)18-15)16(13-17)8-5-14(2)6-9-16/h7,11,14H,4-6,8-10,12-13,17H2,1-3H3. The highest BCUT2D eigenvalue weighted by Crippen LogP contribution is 2.36. The SMILES string of the molecule is CCCN(Cc1ccn(C)n1)C1(CN)CCC(C)CC1. The molecule has 0 unspecified atom stereocenters. The molecule has 0 radical (unpaired) electrons. The Labute approximate surface area is 123 Å². The molecule has 0 spiro atoms. The van der Waals surface area contributed by atoms with E-state index in [1.807, 2.05) is 17.9 Å². The summed E-state index contributed by atoms with van der Waals surface area (Å²) < 4.78 is 1.89. The average Bonchev–Trinajstić information content (AvgIpc) is 2.85. The number of hydrogen-bond acceptors (Lipinski definition) is 3. The van der Waals surface area contributed by atoms with Gasteiger partial charge in [0, 0.05) is 31.9 Å². The first kappa shape index (κ1) is 15.5. The van der Waals surface area contributed by atoms with E-state index in [0.717, 1.165) is 31.2 Å². The van der Waals surface area contributed by atoms with Crippen molar-refractivity contribution in [3.8, 4) is 0 Å². The number of nitrogens with two attached hydrogens (primary N) is 1. The van der Waals surface area contributed by atoms with Gasteiger partial charge in [0.2, 0.25) is 0 Å². The summed E-state index contributed by atoms with van der Waals surface area (Å²) in [6, 6.07) is 2.12. The van der Waals surface area contributed by atoms with Gasteiger partial charge in [-0.2, -0.15) is 5.10 Å². The third-order valence-corrected chi connectivity index (χ3v) is 4.87. The number of rotatable bonds is 6. The summed E-state index contributed by atoms with van der Waals surface area (Å²) in [6.45, 7) is 7.43. The molecule has 1 aliphatic carbocycles. The van der Waals surface area contributed by atoms with Crippen molar-refractivity contribution >= 4 is 0 Å². The van der Waals surface area contributed by atoms with Crippen molar-refractivity contribution in [3.05, 3.63) is 18.0 Å². The van der Waals surface area contributed by atoms with Gasteiger partial charge in [-0.25, -0.2) is 0 Å². The molecule has 0 amide bonds. The highest BCUT2D eigenvalue weighted by molar-refractivity contribution is 5.03. The van der Waals surface area contributed by atoms with E-state index in [2.05, 4.69) is 29.9 Å². The van der Waals surface area contributed by atoms with E-state index in [0.29, 0.717) is 0 Å². The van der Waals surface area contributed by atoms with Crippen molar-refractivity contribution < 1.29 is 0 Å². The summed E-state index contributed by atoms with van der Waals surface area (Å²) in [5.74, 6) is 0.855. The predicted molar refractivity (Wildman–Crippen MR) is 83.3 cm³/mol. The molecule has 4 nitrogen and oxygen atoms in total. The summed E-state index contributed by atoms with van der Waals surface area (Å²) >= 11 is 0. The van der Waals surface area contributed by atoms with Crippen molar-refractivity contribution in [3.63, 3.8) is 0 Å². The third kappa shape index (κ3) is 3.41. The van der Waals surface area contributed by atoms with Crippen LogP contribution in [0.2, 0.25) is 0 Å². The Balaban J connectivity index is 2.12. The summed E-state index contributed by atoms with van der Waals surface area (Å²) in [5.41, 5.74) is 7.56. The van der Waals surface area contributed by atoms with Gasteiger partial charge >= 0.3 is 0 Å². The smallest absolute Gasteiger partial charge is 0.0764 e. The molecule has 1 aromatic heterocycles. The van der Waals surface area contributed by atoms with Gasteiger partial charge in [0.25, 0.3) is 0 Å². The lowest BCUT2D eigenvalue weighted by Crippen LogP contribution is -2.55. The highest BCUT2D eigenvalue weighted by atomic mass is 15.3. The third-order valence-electron chi connectivity index (χ3n) is 4.87. The summed E-state index contributed by atoms with van der Waals surface area (Å²) in [5, 5.41) is 4.54. The van der Waals surface area contributed by atoms with E-state index in [4.69, 9.17) is 5.73 Å². The molecule has 2 rings (SSSR count). The van der Waals surface area contributed by atoms with Gasteiger partial charge in [0.05, 0.1) is 5.69 Å². The van der Waals surface area contributed by atoms with E-state index in [1.165, 1.54) is 32.1 Å². The van der Waals surface area contributed by atoms with Gasteiger partial charge in [-0.1, -0.05) is 13.8 Å². The maximum Gasteiger partial charge on any atom is 0.0764 e. The van der Waals surface area contributed by atoms with Crippen LogP contribution in [-0.2, 0) is 13.6 Å². The van der Waals surface area contributed by atoms with Gasteiger partial charge in [-0.15, -0.1) is 0 Å². The molecule has 1 aliphatic rings. The molecule has 1 aromatic rings. The Bertz CT molecular complexity index is 404. The average molecular weight is 278 g/mol. The summed E-state index contributed by atoms with van der Waals surface area (Å²) in [7, 11) is 1.98. The maximum absolute atomic E-state index is 6.21. The van der Waals surface area contributed by atoms with E-state index in [9.17, 15) is 0 Å². The Morgan fingerprint density at radius 2 is 2.15 bits per heavy atom. The fourth-order valence-electron chi connectivity index (χ4n) is 3.45. The lowest BCUT2D eigenvalue weighted by atomic mass is 9.76. The molecule has 114 valence electrons. The Hall–Kier alpha value is -0.870. The fourth-order valence-corrected chi connectivity index (χ4v) is 3.45. The molecule has 20 heavy (non-hydrogen) atoms. The van der Waals surface area contributed by atoms with Crippen LogP contribution in [0.4, 0.5) is 0 Å². The molecule has 0 bridgehead atoms. The number of hydrogen-bond donors (Lipinski definition) is 1. The molecule has 0 saturated heterocycles. The van der Waals surface area contributed by atoms with Gasteiger partial charge in [-0.3, -0.25) is 9.58 Å². The molecule has 4 heteroatoms. The minimum absolute atomic E-state index is 0.194. The lowest BCUT2D eigenvalue weighted by molar-refractivity contribution is 0.0366. The predicted octanol–water partition coefficient (Wildman–Crippen LogP) is 2.54. The Morgan fingerprint density at radius 1 is 1.45 bits per heavy atom. The van der Waals surface area contributed by atoms with Gasteiger partial charge in [0.15, 0.2) is 0 Å². The van der Waals surface area contributed by atoms with Crippen molar-refractivity contribution in [2.75, 3.05) is 13.1 Å². The zero-order valence-electron chi connectivity index (χ0n) is 13.3. The van der Waals surface area contributed by atoms with Crippen LogP contribution in [0.3, 0.4) is 0 Å². The summed E-state index contributed by atoms with van der Waals surface area (Å²) in [4.78, 5) is 2.60. The van der Waals surface area contributed by atoms with Crippen LogP contribution in [0.1, 0.15) is 51.6 Å². The Kier molecular flexibility index (Phi) is 5.22. The monoisotopic (exact) mass is 278 g/mol. The first-order chi connectivity index (χ1) is 9.59. The van der Waals surface area contributed by atoms with Crippen LogP contribution >= 0.6 is 0 Å². The second-order valence-corrected chi connectivity index (χ2v) is 6.51. The lowest BCUT2D eigenvalue weighted by Gasteiger charge is -2.47. The zero-order valence-corrected chi connectivity index (χ0v) is 13.3. The number of aromatic nitrogens is 2. The van der Waals surface area contributed by atoms with Gasteiger partial charge in [-0.05, 0) is 50.6 Å². The Morgan fingerprint density at radius 3 is 2.65 bits per heavy atom. The molecule has 0 aliphatic heterocycles. The largest absolute Gasteiger partial charge is 0.329 e. The zero-order chi connectivity index (χ0) is 14.6. The molecular weight excluding hydrogens is 248 g/mol. The second-order valence-electron chi connectivity index (χ2n) is 6.51. The topological polar surface area (TPSA) is 47.1 Å². The van der Waals surface area contributed by atoms with E-state index in [-0.39, 0.29) is 5.54 Å². The molecule has 0 atom stereocenters. The van der Waals surface area contributed by atoms with Crippen LogP contribution in [0.15, 0.2) is 12.3 Å². The van der Waals surface area contributed by atoms with Crippen LogP contribution < -0.4 is 5.73 Å². The maximum atomic E-state index is 6.21. The molecule has 0 aromatic carbocycles. The van der Waals surface area contributed by atoms with Crippen molar-refractivity contribution in [1.29, 1.82) is 0 Å². The first-order valence-electron chi connectivity index (χ1n) is 8.03. The summed E-state index contributed by atoms with van der Waals surface area (Å²) in [6.07, 6.45) is 8.27. The first-order valence-corrected chi connectivity index (χ1v) is 8.03. The quantitative estimate of drug-likeness (QED) is 0.870. The van der Waals surface area contributed by atoms with Crippen molar-refractivity contribution in [1.82, 2.24) is 14.7 Å². The minimum atomic E-state index is 0.194. The molecule has 1 fully saturated rings. The normalized spacial score (nSPS) is 27.1. The van der Waals surface area contributed by atoms with Crippen LogP contribution in [0.5, 0.6) is 0 Å². The van der Waals surface area contributed by atoms with Crippen molar-refractivity contribution in [2.24, 2.45) is 18.7 Å². The highest BCUT2D eigenvalue weighted by Gasteiger charge is 2.38.